The first-order valence-corrected chi connectivity index (χ1v) is 7.72. The minimum Gasteiger partial charge on any atom is -0.378 e. The van der Waals surface area contributed by atoms with Gasteiger partial charge < -0.3 is 10.1 Å². The Labute approximate surface area is 113 Å². The molecule has 4 nitrogen and oxygen atoms in total. The van der Waals surface area contributed by atoms with E-state index in [9.17, 15) is 0 Å². The zero-order chi connectivity index (χ0) is 12.8. The average Bonchev–Trinajstić information content (AvgIpc) is 3.02. The lowest BCUT2D eigenvalue weighted by Gasteiger charge is -2.17. The van der Waals surface area contributed by atoms with Crippen LogP contribution in [0.3, 0.4) is 0 Å². The Bertz CT molecular complexity index is 350. The lowest BCUT2D eigenvalue weighted by molar-refractivity contribution is 0.0999. The number of nitrogens with one attached hydrogen (secondary N) is 1. The predicted octanol–water partition coefficient (Wildman–Crippen LogP) is 2.71. The molecule has 18 heavy (non-hydrogen) atoms. The minimum absolute atomic E-state index is 0.385. The second-order valence-corrected chi connectivity index (χ2v) is 5.67. The highest BCUT2D eigenvalue weighted by Gasteiger charge is 2.21. The molecule has 0 aliphatic carbocycles. The van der Waals surface area contributed by atoms with Crippen LogP contribution in [0.5, 0.6) is 0 Å². The van der Waals surface area contributed by atoms with Crippen molar-refractivity contribution < 1.29 is 4.74 Å². The van der Waals surface area contributed by atoms with Gasteiger partial charge in [-0.2, -0.15) is 0 Å². The standard InChI is InChI=1S/C13H23N3OS/c1-3-5-12-13(18-16-15-12)11(14-2)8-7-10-6-4-9-17-10/h10-11,14H,3-9H2,1-2H3. The van der Waals surface area contributed by atoms with Crippen LogP contribution < -0.4 is 5.32 Å². The van der Waals surface area contributed by atoms with Gasteiger partial charge in [0.25, 0.3) is 0 Å². The number of hydrogen-bond acceptors (Lipinski definition) is 5. The summed E-state index contributed by atoms with van der Waals surface area (Å²) in [5.74, 6) is 0. The number of ether oxygens (including phenoxy) is 1. The molecule has 1 aromatic rings. The lowest BCUT2D eigenvalue weighted by atomic mass is 10.0. The first-order valence-electron chi connectivity index (χ1n) is 6.95. The maximum Gasteiger partial charge on any atom is 0.0803 e. The van der Waals surface area contributed by atoms with Crippen molar-refractivity contribution >= 4 is 11.5 Å². The van der Waals surface area contributed by atoms with E-state index in [1.54, 1.807) is 11.5 Å². The van der Waals surface area contributed by atoms with Crippen LogP contribution in [-0.2, 0) is 11.2 Å². The summed E-state index contributed by atoms with van der Waals surface area (Å²) in [6.45, 7) is 3.13. The fourth-order valence-electron chi connectivity index (χ4n) is 2.52. The Morgan fingerprint density at radius 2 is 2.44 bits per heavy atom. The van der Waals surface area contributed by atoms with Gasteiger partial charge in [-0.05, 0) is 50.7 Å². The Morgan fingerprint density at radius 1 is 1.56 bits per heavy atom. The molecule has 1 N–H and O–H groups in total. The van der Waals surface area contributed by atoms with Gasteiger partial charge in [-0.3, -0.25) is 0 Å². The Balaban J connectivity index is 1.91. The summed E-state index contributed by atoms with van der Waals surface area (Å²) >= 11 is 1.54. The second-order valence-electron chi connectivity index (χ2n) is 4.89. The van der Waals surface area contributed by atoms with Crippen LogP contribution >= 0.6 is 11.5 Å². The summed E-state index contributed by atoms with van der Waals surface area (Å²) in [7, 11) is 2.02. The zero-order valence-electron chi connectivity index (χ0n) is 11.3. The maximum absolute atomic E-state index is 5.69. The second kappa shape index (κ2) is 7.16. The van der Waals surface area contributed by atoms with Crippen molar-refractivity contribution in [3.05, 3.63) is 10.6 Å². The third-order valence-corrected chi connectivity index (χ3v) is 4.42. The topological polar surface area (TPSA) is 47.0 Å². The van der Waals surface area contributed by atoms with E-state index in [0.717, 1.165) is 32.3 Å². The highest BCUT2D eigenvalue weighted by atomic mass is 32.1. The van der Waals surface area contributed by atoms with E-state index in [4.69, 9.17) is 4.74 Å². The molecule has 0 saturated carbocycles. The summed E-state index contributed by atoms with van der Waals surface area (Å²) in [6.07, 6.45) is 7.31. The summed E-state index contributed by atoms with van der Waals surface area (Å²) in [4.78, 5) is 1.32. The molecular formula is C13H23N3OS. The summed E-state index contributed by atoms with van der Waals surface area (Å²) < 4.78 is 9.80. The fourth-order valence-corrected chi connectivity index (χ4v) is 3.36. The van der Waals surface area contributed by atoms with Crippen LogP contribution in [-0.4, -0.2) is 29.3 Å². The molecule has 5 heteroatoms. The van der Waals surface area contributed by atoms with E-state index < -0.39 is 0 Å². The van der Waals surface area contributed by atoms with Crippen molar-refractivity contribution in [1.29, 1.82) is 0 Å². The Hall–Kier alpha value is -0.520. The quantitative estimate of drug-likeness (QED) is 0.827. The van der Waals surface area contributed by atoms with Gasteiger partial charge in [-0.1, -0.05) is 17.8 Å². The first-order chi connectivity index (χ1) is 8.85. The van der Waals surface area contributed by atoms with Crippen LogP contribution in [0.2, 0.25) is 0 Å². The lowest BCUT2D eigenvalue weighted by Crippen LogP contribution is -2.19. The van der Waals surface area contributed by atoms with Gasteiger partial charge in [0.05, 0.1) is 16.7 Å². The van der Waals surface area contributed by atoms with E-state index >= 15 is 0 Å². The van der Waals surface area contributed by atoms with E-state index in [1.165, 1.54) is 23.4 Å². The number of hydrogen-bond donors (Lipinski definition) is 1. The van der Waals surface area contributed by atoms with E-state index in [2.05, 4.69) is 21.8 Å². The van der Waals surface area contributed by atoms with Crippen molar-refractivity contribution in [1.82, 2.24) is 14.9 Å². The van der Waals surface area contributed by atoms with Gasteiger partial charge in [0.2, 0.25) is 0 Å². The van der Waals surface area contributed by atoms with Gasteiger partial charge in [0, 0.05) is 12.6 Å². The Morgan fingerprint density at radius 3 is 3.11 bits per heavy atom. The molecule has 2 heterocycles. The minimum atomic E-state index is 0.385. The third-order valence-electron chi connectivity index (χ3n) is 3.54. The van der Waals surface area contributed by atoms with Crippen LogP contribution in [0.4, 0.5) is 0 Å². The smallest absolute Gasteiger partial charge is 0.0803 e. The van der Waals surface area contributed by atoms with E-state index in [0.29, 0.717) is 12.1 Å². The molecule has 2 atom stereocenters. The molecule has 0 amide bonds. The molecule has 0 aromatic carbocycles. The highest BCUT2D eigenvalue weighted by molar-refractivity contribution is 7.05. The van der Waals surface area contributed by atoms with Crippen molar-refractivity contribution in [2.24, 2.45) is 0 Å². The summed E-state index contributed by atoms with van der Waals surface area (Å²) in [5.41, 5.74) is 1.18. The molecule has 0 bridgehead atoms. The SMILES string of the molecule is CCCc1nnsc1C(CCC1CCCO1)NC. The van der Waals surface area contributed by atoms with Crippen molar-refractivity contribution in [2.45, 2.75) is 57.6 Å². The van der Waals surface area contributed by atoms with Gasteiger partial charge in [0.15, 0.2) is 0 Å². The van der Waals surface area contributed by atoms with Gasteiger partial charge in [-0.15, -0.1) is 5.10 Å². The van der Waals surface area contributed by atoms with Crippen LogP contribution in [0.1, 0.15) is 55.6 Å². The van der Waals surface area contributed by atoms with Gasteiger partial charge in [0.1, 0.15) is 0 Å². The molecule has 1 fully saturated rings. The fraction of sp³-hybridized carbons (Fsp3) is 0.846. The monoisotopic (exact) mass is 269 g/mol. The Kier molecular flexibility index (Phi) is 5.53. The molecule has 102 valence electrons. The number of aryl methyl sites for hydroxylation is 1. The number of rotatable bonds is 7. The molecule has 2 rings (SSSR count). The molecular weight excluding hydrogens is 246 g/mol. The maximum atomic E-state index is 5.69. The van der Waals surface area contributed by atoms with Crippen molar-refractivity contribution in [3.63, 3.8) is 0 Å². The van der Waals surface area contributed by atoms with Crippen LogP contribution in [0.15, 0.2) is 0 Å². The van der Waals surface area contributed by atoms with Gasteiger partial charge >= 0.3 is 0 Å². The first kappa shape index (κ1) is 13.9. The highest BCUT2D eigenvalue weighted by Crippen LogP contribution is 2.27. The zero-order valence-corrected chi connectivity index (χ0v) is 12.1. The van der Waals surface area contributed by atoms with Crippen molar-refractivity contribution in [3.8, 4) is 0 Å². The summed E-state index contributed by atoms with van der Waals surface area (Å²) in [5, 5.41) is 7.65. The van der Waals surface area contributed by atoms with Crippen LogP contribution in [0, 0.1) is 0 Å². The number of nitrogens with zero attached hydrogens (tertiary/aromatic N) is 2. The average molecular weight is 269 g/mol. The van der Waals surface area contributed by atoms with E-state index in [-0.39, 0.29) is 0 Å². The molecule has 0 radical (unpaired) electrons. The normalized spacial score (nSPS) is 21.3. The molecule has 0 spiro atoms. The predicted molar refractivity (Wildman–Crippen MR) is 73.9 cm³/mol. The van der Waals surface area contributed by atoms with Crippen molar-refractivity contribution in [2.75, 3.05) is 13.7 Å². The van der Waals surface area contributed by atoms with Gasteiger partial charge in [-0.25, -0.2) is 0 Å². The molecule has 1 aromatic heterocycles. The molecule has 1 aliphatic heterocycles. The van der Waals surface area contributed by atoms with E-state index in [1.807, 2.05) is 7.05 Å². The third kappa shape index (κ3) is 3.49. The molecule has 2 unspecified atom stereocenters. The molecule has 1 aliphatic rings. The largest absolute Gasteiger partial charge is 0.378 e. The summed E-state index contributed by atoms with van der Waals surface area (Å²) in [6, 6.07) is 0.385. The molecule has 1 saturated heterocycles. The number of aromatic nitrogens is 2. The van der Waals surface area contributed by atoms with Crippen LogP contribution in [0.25, 0.3) is 0 Å².